The average molecular weight is 674 g/mol. The van der Waals surface area contributed by atoms with Gasteiger partial charge in [0.25, 0.3) is 11.1 Å². The highest BCUT2D eigenvalue weighted by Gasteiger charge is 2.37. The Kier molecular flexibility index (Phi) is 7.77. The summed E-state index contributed by atoms with van der Waals surface area (Å²) in [6.45, 7) is 1.67. The van der Waals surface area contributed by atoms with Crippen LogP contribution >= 0.6 is 56.9 Å². The molecule has 0 spiro atoms. The number of rotatable bonds is 6. The van der Waals surface area contributed by atoms with E-state index in [0.717, 1.165) is 50.0 Å². The monoisotopic (exact) mass is 674 g/mol. The molecular weight excluding hydrogens is 654 g/mol. The third kappa shape index (κ3) is 5.66. The molecule has 0 atom stereocenters. The molecule has 0 aromatic heterocycles. The maximum atomic E-state index is 12.7. The van der Waals surface area contributed by atoms with E-state index >= 15 is 0 Å². The fourth-order valence-corrected chi connectivity index (χ4v) is 5.35. The minimum absolute atomic E-state index is 0.171. The van der Waals surface area contributed by atoms with Crippen LogP contribution in [0.4, 0.5) is 4.79 Å². The van der Waals surface area contributed by atoms with Crippen LogP contribution in [0, 0.1) is 7.14 Å². The highest BCUT2D eigenvalue weighted by Crippen LogP contribution is 2.33. The fraction of sp³-hybridized carbons (Fsp3) is 0.261. The Bertz CT molecular complexity index is 1080. The molecule has 2 aromatic carbocycles. The molecule has 2 fully saturated rings. The van der Waals surface area contributed by atoms with Crippen LogP contribution in [0.3, 0.4) is 0 Å². The topological polar surface area (TPSA) is 66.9 Å². The van der Waals surface area contributed by atoms with Gasteiger partial charge in [-0.1, -0.05) is 18.2 Å². The average Bonchev–Trinajstić information content (AvgIpc) is 3.39. The summed E-state index contributed by atoms with van der Waals surface area (Å²) < 4.78 is 8.01. The van der Waals surface area contributed by atoms with E-state index in [1.165, 1.54) is 3.57 Å². The van der Waals surface area contributed by atoms with E-state index in [0.29, 0.717) is 24.6 Å². The van der Waals surface area contributed by atoms with Crippen molar-refractivity contribution in [3.63, 3.8) is 0 Å². The second kappa shape index (κ2) is 10.6. The minimum Gasteiger partial charge on any atom is -0.488 e. The molecule has 0 aliphatic carbocycles. The molecule has 2 aliphatic rings. The lowest BCUT2D eigenvalue weighted by Gasteiger charge is -2.18. The first-order valence-electron chi connectivity index (χ1n) is 10.1. The van der Waals surface area contributed by atoms with Crippen molar-refractivity contribution in [3.05, 3.63) is 65.6 Å². The standard InChI is InChI=1S/C23H20I2N2O4S/c24-17-6-3-15(4-7-17)14-31-19-8-5-16(11-18(19)25)12-20-22(29)27(23(30)32-20)13-21(28)26-9-1-2-10-26/h3-8,11-12H,1-2,9-10,13-14H2/b20-12+. The zero-order valence-electron chi connectivity index (χ0n) is 17.1. The summed E-state index contributed by atoms with van der Waals surface area (Å²) in [5.41, 5.74) is 1.88. The molecule has 0 unspecified atom stereocenters. The Hall–Kier alpha value is -1.60. The fourth-order valence-electron chi connectivity index (χ4n) is 3.46. The van der Waals surface area contributed by atoms with Gasteiger partial charge in [-0.3, -0.25) is 19.3 Å². The number of halogens is 2. The van der Waals surface area contributed by atoms with Gasteiger partial charge in [-0.25, -0.2) is 0 Å². The molecule has 9 heteroatoms. The molecule has 0 bridgehead atoms. The first-order chi connectivity index (χ1) is 15.4. The normalized spacial score (nSPS) is 17.5. The number of thioether (sulfide) groups is 1. The Balaban J connectivity index is 1.41. The lowest BCUT2D eigenvalue weighted by molar-refractivity contribution is -0.135. The summed E-state index contributed by atoms with van der Waals surface area (Å²) in [6.07, 6.45) is 3.63. The van der Waals surface area contributed by atoms with Gasteiger partial charge in [0.1, 0.15) is 18.9 Å². The number of hydrogen-bond acceptors (Lipinski definition) is 5. The van der Waals surface area contributed by atoms with Gasteiger partial charge >= 0.3 is 0 Å². The van der Waals surface area contributed by atoms with E-state index in [2.05, 4.69) is 45.2 Å². The van der Waals surface area contributed by atoms with E-state index in [1.807, 2.05) is 42.5 Å². The first kappa shape index (κ1) is 23.6. The number of hydrogen-bond donors (Lipinski definition) is 0. The maximum Gasteiger partial charge on any atom is 0.294 e. The maximum absolute atomic E-state index is 12.7. The van der Waals surface area contributed by atoms with Gasteiger partial charge in [-0.2, -0.15) is 0 Å². The third-order valence-electron chi connectivity index (χ3n) is 5.19. The van der Waals surface area contributed by atoms with Crippen molar-refractivity contribution in [3.8, 4) is 5.75 Å². The van der Waals surface area contributed by atoms with E-state index in [1.54, 1.807) is 11.0 Å². The van der Waals surface area contributed by atoms with Gasteiger partial charge in [0.05, 0.1) is 8.48 Å². The molecule has 3 amide bonds. The van der Waals surface area contributed by atoms with Crippen molar-refractivity contribution in [2.45, 2.75) is 19.4 Å². The predicted octanol–water partition coefficient (Wildman–Crippen LogP) is 5.13. The predicted molar refractivity (Wildman–Crippen MR) is 141 cm³/mol. The van der Waals surface area contributed by atoms with E-state index in [4.69, 9.17) is 4.74 Å². The Labute approximate surface area is 218 Å². The molecule has 0 radical (unpaired) electrons. The van der Waals surface area contributed by atoms with Crippen molar-refractivity contribution in [1.82, 2.24) is 9.80 Å². The molecule has 2 heterocycles. The van der Waals surface area contributed by atoms with Crippen LogP contribution in [0.1, 0.15) is 24.0 Å². The number of imide groups is 1. The number of benzene rings is 2. The number of ether oxygens (including phenoxy) is 1. The highest BCUT2D eigenvalue weighted by atomic mass is 127. The molecule has 166 valence electrons. The summed E-state index contributed by atoms with van der Waals surface area (Å²) in [6, 6.07) is 13.8. The molecule has 2 aromatic rings. The summed E-state index contributed by atoms with van der Waals surface area (Å²) in [5, 5.41) is -0.402. The van der Waals surface area contributed by atoms with Crippen LogP contribution in [-0.2, 0) is 16.2 Å². The van der Waals surface area contributed by atoms with Gasteiger partial charge in [-0.15, -0.1) is 0 Å². The molecule has 2 saturated heterocycles. The van der Waals surface area contributed by atoms with Crippen LogP contribution < -0.4 is 4.74 Å². The van der Waals surface area contributed by atoms with Gasteiger partial charge in [0.2, 0.25) is 5.91 Å². The summed E-state index contributed by atoms with van der Waals surface area (Å²) in [5.74, 6) is 0.169. The molecule has 0 saturated carbocycles. The quantitative estimate of drug-likeness (QED) is 0.314. The van der Waals surface area contributed by atoms with Crippen LogP contribution in [0.15, 0.2) is 47.4 Å². The Morgan fingerprint density at radius 2 is 1.78 bits per heavy atom. The van der Waals surface area contributed by atoms with Crippen molar-refractivity contribution in [2.24, 2.45) is 0 Å². The van der Waals surface area contributed by atoms with Gasteiger partial charge in [0, 0.05) is 16.7 Å². The number of nitrogens with zero attached hydrogens (tertiary/aromatic N) is 2. The van der Waals surface area contributed by atoms with Crippen LogP contribution in [0.25, 0.3) is 6.08 Å². The van der Waals surface area contributed by atoms with Crippen molar-refractivity contribution in [1.29, 1.82) is 0 Å². The molecule has 32 heavy (non-hydrogen) atoms. The summed E-state index contributed by atoms with van der Waals surface area (Å²) in [7, 11) is 0. The van der Waals surface area contributed by atoms with Gasteiger partial charge in [0.15, 0.2) is 0 Å². The van der Waals surface area contributed by atoms with Crippen LogP contribution in [-0.4, -0.2) is 46.5 Å². The lowest BCUT2D eigenvalue weighted by Crippen LogP contribution is -2.40. The molecular formula is C23H20I2N2O4S. The number of amides is 3. The lowest BCUT2D eigenvalue weighted by atomic mass is 10.2. The number of likely N-dealkylation sites (tertiary alicyclic amines) is 1. The van der Waals surface area contributed by atoms with Crippen molar-refractivity contribution < 1.29 is 19.1 Å². The third-order valence-corrected chi connectivity index (χ3v) is 7.66. The van der Waals surface area contributed by atoms with E-state index in [-0.39, 0.29) is 12.5 Å². The SMILES string of the molecule is O=C(CN1C(=O)S/C(=C/c2ccc(OCc3ccc(I)cc3)c(I)c2)C1=O)N1CCCC1. The highest BCUT2D eigenvalue weighted by molar-refractivity contribution is 14.1. The zero-order chi connectivity index (χ0) is 22.7. The minimum atomic E-state index is -0.415. The summed E-state index contributed by atoms with van der Waals surface area (Å²) in [4.78, 5) is 40.5. The second-order valence-corrected chi connectivity index (χ2v) is 10.9. The smallest absolute Gasteiger partial charge is 0.294 e. The largest absolute Gasteiger partial charge is 0.488 e. The Morgan fingerprint density at radius 1 is 1.06 bits per heavy atom. The zero-order valence-corrected chi connectivity index (χ0v) is 22.2. The Morgan fingerprint density at radius 3 is 2.47 bits per heavy atom. The molecule has 2 aliphatic heterocycles. The molecule has 6 nitrogen and oxygen atoms in total. The van der Waals surface area contributed by atoms with Crippen molar-refractivity contribution >= 4 is 80.1 Å². The molecule has 0 N–H and O–H groups in total. The first-order valence-corrected chi connectivity index (χ1v) is 13.1. The summed E-state index contributed by atoms with van der Waals surface area (Å²) >= 11 is 5.34. The van der Waals surface area contributed by atoms with Gasteiger partial charge in [-0.05, 0) is 111 Å². The number of carbonyl (C=O) groups is 3. The van der Waals surface area contributed by atoms with E-state index < -0.39 is 11.1 Å². The van der Waals surface area contributed by atoms with Gasteiger partial charge < -0.3 is 9.64 Å². The number of carbonyl (C=O) groups excluding carboxylic acids is 3. The van der Waals surface area contributed by atoms with Crippen molar-refractivity contribution in [2.75, 3.05) is 19.6 Å². The van der Waals surface area contributed by atoms with E-state index in [9.17, 15) is 14.4 Å². The van der Waals surface area contributed by atoms with Crippen LogP contribution in [0.2, 0.25) is 0 Å². The second-order valence-electron chi connectivity index (χ2n) is 7.46. The van der Waals surface area contributed by atoms with Crippen LogP contribution in [0.5, 0.6) is 5.75 Å². The molecule has 4 rings (SSSR count).